The second-order valence-corrected chi connectivity index (χ2v) is 8.59. The number of carbonyl (C=O) groups is 1. The van der Waals surface area contributed by atoms with Gasteiger partial charge in [0.2, 0.25) is 15.9 Å². The molecule has 0 fully saturated rings. The van der Waals surface area contributed by atoms with Crippen molar-refractivity contribution in [2.24, 2.45) is 0 Å². The summed E-state index contributed by atoms with van der Waals surface area (Å²) in [4.78, 5) is 12.7. The Morgan fingerprint density at radius 2 is 1.73 bits per heavy atom. The number of halogens is 2. The van der Waals surface area contributed by atoms with E-state index in [0.717, 1.165) is 22.5 Å². The Labute approximate surface area is 164 Å². The van der Waals surface area contributed by atoms with Gasteiger partial charge in [-0.25, -0.2) is 8.42 Å². The average Bonchev–Trinajstić information content (AvgIpc) is 2.53. The van der Waals surface area contributed by atoms with Crippen molar-refractivity contribution >= 4 is 50.5 Å². The molecule has 1 N–H and O–H groups in total. The van der Waals surface area contributed by atoms with E-state index in [9.17, 15) is 13.2 Å². The highest BCUT2D eigenvalue weighted by Gasteiger charge is 2.30. The Kier molecular flexibility index (Phi) is 6.55. The number of benzene rings is 2. The first kappa shape index (κ1) is 20.6. The molecule has 140 valence electrons. The number of rotatable bonds is 6. The molecule has 0 aliphatic rings. The molecule has 1 atom stereocenters. The number of para-hydroxylation sites is 1. The van der Waals surface area contributed by atoms with Crippen LogP contribution in [0.3, 0.4) is 0 Å². The summed E-state index contributed by atoms with van der Waals surface area (Å²) in [6, 6.07) is 10.8. The summed E-state index contributed by atoms with van der Waals surface area (Å²) in [7, 11) is -3.75. The molecule has 0 saturated carbocycles. The zero-order valence-electron chi connectivity index (χ0n) is 14.7. The summed E-state index contributed by atoms with van der Waals surface area (Å²) < 4.78 is 25.7. The van der Waals surface area contributed by atoms with Crippen LogP contribution in [-0.2, 0) is 21.2 Å². The Balaban J connectivity index is 2.38. The predicted molar refractivity (Wildman–Crippen MR) is 108 cm³/mol. The number of aryl methyl sites for hydroxylation is 1. The highest BCUT2D eigenvalue weighted by molar-refractivity contribution is 7.92. The molecule has 0 bridgehead atoms. The Morgan fingerprint density at radius 3 is 2.27 bits per heavy atom. The van der Waals surface area contributed by atoms with Crippen LogP contribution in [0.5, 0.6) is 0 Å². The lowest BCUT2D eigenvalue weighted by molar-refractivity contribution is -0.116. The van der Waals surface area contributed by atoms with Gasteiger partial charge in [0, 0.05) is 15.7 Å². The summed E-state index contributed by atoms with van der Waals surface area (Å²) in [6.07, 6.45) is 1.77. The molecular formula is C18H20Cl2N2O3S. The van der Waals surface area contributed by atoms with Crippen molar-refractivity contribution < 1.29 is 13.2 Å². The third kappa shape index (κ3) is 4.90. The molecule has 2 aromatic carbocycles. The van der Waals surface area contributed by atoms with E-state index in [-0.39, 0.29) is 15.7 Å². The van der Waals surface area contributed by atoms with Crippen LogP contribution in [0.1, 0.15) is 19.4 Å². The van der Waals surface area contributed by atoms with Crippen LogP contribution in [0, 0.1) is 0 Å². The number of hydrogen-bond acceptors (Lipinski definition) is 3. The molecule has 0 saturated heterocycles. The lowest BCUT2D eigenvalue weighted by atomic mass is 10.1. The third-order valence-electron chi connectivity index (χ3n) is 3.85. The highest BCUT2D eigenvalue weighted by atomic mass is 35.5. The summed E-state index contributed by atoms with van der Waals surface area (Å²) >= 11 is 12.0. The summed E-state index contributed by atoms with van der Waals surface area (Å²) in [5.41, 5.74) is 1.85. The van der Waals surface area contributed by atoms with Gasteiger partial charge in [0.15, 0.2) is 0 Å². The highest BCUT2D eigenvalue weighted by Crippen LogP contribution is 2.29. The Bertz CT molecular complexity index is 896. The Hall–Kier alpha value is -1.76. The second kappa shape index (κ2) is 8.29. The molecule has 26 heavy (non-hydrogen) atoms. The minimum Gasteiger partial charge on any atom is -0.324 e. The van der Waals surface area contributed by atoms with Crippen LogP contribution in [0.15, 0.2) is 42.5 Å². The van der Waals surface area contributed by atoms with E-state index in [1.54, 1.807) is 6.07 Å². The SMILES string of the molecule is CCc1ccccc1NC(=O)[C@H](C)N(c1cc(Cl)cc(Cl)c1)S(C)(=O)=O. The minimum absolute atomic E-state index is 0.233. The summed E-state index contributed by atoms with van der Waals surface area (Å²) in [6.45, 7) is 3.49. The zero-order valence-corrected chi connectivity index (χ0v) is 17.0. The molecule has 5 nitrogen and oxygen atoms in total. The number of amides is 1. The average molecular weight is 415 g/mol. The van der Waals surface area contributed by atoms with E-state index >= 15 is 0 Å². The van der Waals surface area contributed by atoms with Crippen molar-refractivity contribution in [2.75, 3.05) is 15.9 Å². The lowest BCUT2D eigenvalue weighted by Crippen LogP contribution is -2.45. The molecule has 0 radical (unpaired) electrons. The standard InChI is InChI=1S/C18H20Cl2N2O3S/c1-4-13-7-5-6-8-17(13)21-18(23)12(2)22(26(3,24)25)16-10-14(19)9-15(20)11-16/h5-12H,4H2,1-3H3,(H,21,23)/t12-/m0/s1. The molecule has 0 aliphatic carbocycles. The molecule has 0 heterocycles. The molecule has 0 unspecified atom stereocenters. The predicted octanol–water partition coefficient (Wildman–Crippen LogP) is 4.35. The van der Waals surface area contributed by atoms with Gasteiger partial charge >= 0.3 is 0 Å². The van der Waals surface area contributed by atoms with Gasteiger partial charge in [-0.3, -0.25) is 9.10 Å². The fraction of sp³-hybridized carbons (Fsp3) is 0.278. The number of sulfonamides is 1. The molecule has 0 aromatic heterocycles. The van der Waals surface area contributed by atoms with E-state index in [2.05, 4.69) is 5.32 Å². The first-order valence-corrected chi connectivity index (χ1v) is 10.6. The van der Waals surface area contributed by atoms with Gasteiger partial charge in [-0.15, -0.1) is 0 Å². The number of carbonyl (C=O) groups excluding carboxylic acids is 1. The van der Waals surface area contributed by atoms with Gasteiger partial charge in [-0.1, -0.05) is 48.3 Å². The van der Waals surface area contributed by atoms with Crippen LogP contribution < -0.4 is 9.62 Å². The first-order chi connectivity index (χ1) is 12.1. The van der Waals surface area contributed by atoms with E-state index in [0.29, 0.717) is 5.69 Å². The number of hydrogen-bond donors (Lipinski definition) is 1. The largest absolute Gasteiger partial charge is 0.324 e. The number of nitrogens with zero attached hydrogens (tertiary/aromatic N) is 1. The molecule has 0 aliphatic heterocycles. The molecule has 2 rings (SSSR count). The first-order valence-electron chi connectivity index (χ1n) is 7.97. The van der Waals surface area contributed by atoms with E-state index in [4.69, 9.17) is 23.2 Å². The minimum atomic E-state index is -3.75. The zero-order chi connectivity index (χ0) is 19.5. The van der Waals surface area contributed by atoms with Crippen LogP contribution in [-0.4, -0.2) is 26.6 Å². The maximum Gasteiger partial charge on any atom is 0.248 e. The monoisotopic (exact) mass is 414 g/mol. The smallest absolute Gasteiger partial charge is 0.248 e. The van der Waals surface area contributed by atoms with Crippen molar-refractivity contribution in [3.63, 3.8) is 0 Å². The molecule has 2 aromatic rings. The third-order valence-corrected chi connectivity index (χ3v) is 5.52. The van der Waals surface area contributed by atoms with Crippen LogP contribution in [0.25, 0.3) is 0 Å². The maximum absolute atomic E-state index is 12.7. The number of nitrogens with one attached hydrogen (secondary N) is 1. The topological polar surface area (TPSA) is 66.5 Å². The van der Waals surface area contributed by atoms with Gasteiger partial charge in [0.05, 0.1) is 11.9 Å². The molecular weight excluding hydrogens is 395 g/mol. The van der Waals surface area contributed by atoms with Crippen LogP contribution >= 0.6 is 23.2 Å². The molecule has 1 amide bonds. The van der Waals surface area contributed by atoms with E-state index in [1.807, 2.05) is 25.1 Å². The van der Waals surface area contributed by atoms with Gasteiger partial charge < -0.3 is 5.32 Å². The van der Waals surface area contributed by atoms with E-state index in [1.165, 1.54) is 25.1 Å². The van der Waals surface area contributed by atoms with Gasteiger partial charge in [0.25, 0.3) is 0 Å². The van der Waals surface area contributed by atoms with Crippen molar-refractivity contribution in [2.45, 2.75) is 26.3 Å². The fourth-order valence-corrected chi connectivity index (χ4v) is 4.34. The van der Waals surface area contributed by atoms with E-state index < -0.39 is 22.0 Å². The Morgan fingerprint density at radius 1 is 1.15 bits per heavy atom. The quantitative estimate of drug-likeness (QED) is 0.763. The van der Waals surface area contributed by atoms with Gasteiger partial charge in [-0.2, -0.15) is 0 Å². The second-order valence-electron chi connectivity index (χ2n) is 5.86. The van der Waals surface area contributed by atoms with Crippen LogP contribution in [0.4, 0.5) is 11.4 Å². The van der Waals surface area contributed by atoms with Gasteiger partial charge in [0.1, 0.15) is 6.04 Å². The number of anilines is 2. The van der Waals surface area contributed by atoms with Crippen molar-refractivity contribution in [3.05, 3.63) is 58.1 Å². The van der Waals surface area contributed by atoms with Crippen molar-refractivity contribution in [3.8, 4) is 0 Å². The van der Waals surface area contributed by atoms with Gasteiger partial charge in [-0.05, 0) is 43.2 Å². The van der Waals surface area contributed by atoms with Crippen LogP contribution in [0.2, 0.25) is 10.0 Å². The molecule has 8 heteroatoms. The van der Waals surface area contributed by atoms with Crippen molar-refractivity contribution in [1.82, 2.24) is 0 Å². The summed E-state index contributed by atoms with van der Waals surface area (Å²) in [5.74, 6) is -0.451. The summed E-state index contributed by atoms with van der Waals surface area (Å²) in [5, 5.41) is 3.37. The maximum atomic E-state index is 12.7. The normalized spacial score (nSPS) is 12.5. The fourth-order valence-electron chi connectivity index (χ4n) is 2.66. The van der Waals surface area contributed by atoms with Crippen molar-refractivity contribution in [1.29, 1.82) is 0 Å². The lowest BCUT2D eigenvalue weighted by Gasteiger charge is -2.28. The molecule has 0 spiro atoms.